The van der Waals surface area contributed by atoms with Crippen molar-refractivity contribution in [3.8, 4) is 0 Å². The Morgan fingerprint density at radius 2 is 2.21 bits per heavy atom. The molecule has 1 saturated heterocycles. The number of aromatic nitrogens is 2. The van der Waals surface area contributed by atoms with Gasteiger partial charge in [0, 0.05) is 26.1 Å². The van der Waals surface area contributed by atoms with E-state index in [2.05, 4.69) is 46.7 Å². The topological polar surface area (TPSA) is 54.2 Å². The summed E-state index contributed by atoms with van der Waals surface area (Å²) in [6.07, 6.45) is 4.51. The molecule has 4 rings (SSSR count). The Morgan fingerprint density at radius 3 is 3.08 bits per heavy atom. The summed E-state index contributed by atoms with van der Waals surface area (Å²) in [6.45, 7) is 2.93. The number of rotatable bonds is 3. The summed E-state index contributed by atoms with van der Waals surface area (Å²) in [5.74, 6) is 2.11. The summed E-state index contributed by atoms with van der Waals surface area (Å²) in [5, 5.41) is 7.65. The van der Waals surface area contributed by atoms with Crippen LogP contribution in [-0.4, -0.2) is 41.7 Å². The monoisotopic (exact) mass is 348 g/mol. The second-order valence-corrected chi connectivity index (χ2v) is 6.74. The van der Waals surface area contributed by atoms with E-state index in [4.69, 9.17) is 9.51 Å². The van der Waals surface area contributed by atoms with Gasteiger partial charge in [-0.05, 0) is 43.4 Å². The van der Waals surface area contributed by atoms with Crippen molar-refractivity contribution in [2.45, 2.75) is 37.6 Å². The van der Waals surface area contributed by atoms with Gasteiger partial charge in [-0.2, -0.15) is 4.98 Å². The minimum absolute atomic E-state index is 0. The molecule has 0 radical (unpaired) electrons. The first-order chi connectivity index (χ1) is 11.3. The van der Waals surface area contributed by atoms with E-state index in [1.807, 2.05) is 0 Å². The number of nitrogens with one attached hydrogen (secondary N) is 1. The minimum Gasteiger partial charge on any atom is -0.339 e. The third-order valence-electron chi connectivity index (χ3n) is 5.21. The van der Waals surface area contributed by atoms with Crippen molar-refractivity contribution in [1.82, 2.24) is 20.4 Å². The standard InChI is InChI=1S/C18H24N4O.ClH/c1-22-10-9-19-12-16(22)18-20-17(23-21-18)11-14-7-4-6-13-5-2-3-8-15(13)14;/h2-3,5,8,14,16,19H,4,6-7,9-12H2,1H3;1H. The SMILES string of the molecule is CN1CCNCC1c1noc(CC2CCCc3ccccc32)n1.Cl. The highest BCUT2D eigenvalue weighted by molar-refractivity contribution is 5.85. The normalized spacial score (nSPS) is 24.2. The molecule has 1 N–H and O–H groups in total. The Bertz CT molecular complexity index is 675. The molecule has 130 valence electrons. The van der Waals surface area contributed by atoms with Crippen molar-refractivity contribution in [3.63, 3.8) is 0 Å². The molecule has 1 fully saturated rings. The first-order valence-corrected chi connectivity index (χ1v) is 8.62. The molecule has 2 unspecified atom stereocenters. The Hall–Kier alpha value is -1.43. The van der Waals surface area contributed by atoms with Crippen molar-refractivity contribution >= 4 is 12.4 Å². The predicted octanol–water partition coefficient (Wildman–Crippen LogP) is 2.73. The number of aryl methyl sites for hydroxylation is 1. The van der Waals surface area contributed by atoms with Gasteiger partial charge in [0.2, 0.25) is 5.89 Å². The van der Waals surface area contributed by atoms with Crippen molar-refractivity contribution < 1.29 is 4.52 Å². The summed E-state index contributed by atoms with van der Waals surface area (Å²) < 4.78 is 5.57. The fourth-order valence-corrected chi connectivity index (χ4v) is 3.86. The van der Waals surface area contributed by atoms with Crippen LogP contribution in [0.3, 0.4) is 0 Å². The van der Waals surface area contributed by atoms with Crippen LogP contribution in [-0.2, 0) is 12.8 Å². The third kappa shape index (κ3) is 3.48. The van der Waals surface area contributed by atoms with Crippen molar-refractivity contribution in [1.29, 1.82) is 0 Å². The van der Waals surface area contributed by atoms with E-state index in [1.54, 1.807) is 0 Å². The van der Waals surface area contributed by atoms with Crippen LogP contribution in [0, 0.1) is 0 Å². The maximum Gasteiger partial charge on any atom is 0.227 e. The average Bonchev–Trinajstić information content (AvgIpc) is 3.04. The lowest BCUT2D eigenvalue weighted by Crippen LogP contribution is -2.44. The molecule has 0 spiro atoms. The van der Waals surface area contributed by atoms with E-state index in [-0.39, 0.29) is 18.4 Å². The van der Waals surface area contributed by atoms with E-state index < -0.39 is 0 Å². The van der Waals surface area contributed by atoms with Gasteiger partial charge in [-0.3, -0.25) is 4.90 Å². The molecule has 6 heteroatoms. The van der Waals surface area contributed by atoms with Crippen LogP contribution in [0.2, 0.25) is 0 Å². The first kappa shape index (κ1) is 17.4. The fraction of sp³-hybridized carbons (Fsp3) is 0.556. The van der Waals surface area contributed by atoms with Gasteiger partial charge < -0.3 is 9.84 Å². The van der Waals surface area contributed by atoms with Crippen LogP contribution < -0.4 is 5.32 Å². The largest absolute Gasteiger partial charge is 0.339 e. The summed E-state index contributed by atoms with van der Waals surface area (Å²) in [7, 11) is 2.12. The average molecular weight is 349 g/mol. The number of nitrogens with zero attached hydrogens (tertiary/aromatic N) is 3. The molecule has 2 aromatic rings. The Labute approximate surface area is 149 Å². The molecule has 0 saturated carbocycles. The Morgan fingerprint density at radius 1 is 1.33 bits per heavy atom. The van der Waals surface area contributed by atoms with Crippen LogP contribution in [0.15, 0.2) is 28.8 Å². The van der Waals surface area contributed by atoms with E-state index in [9.17, 15) is 0 Å². The van der Waals surface area contributed by atoms with Crippen molar-refractivity contribution in [2.75, 3.05) is 26.7 Å². The van der Waals surface area contributed by atoms with Gasteiger partial charge in [0.15, 0.2) is 5.82 Å². The summed E-state index contributed by atoms with van der Waals surface area (Å²) in [6, 6.07) is 9.01. The van der Waals surface area contributed by atoms with Crippen molar-refractivity contribution in [2.24, 2.45) is 0 Å². The maximum atomic E-state index is 5.57. The molecule has 0 amide bonds. The Kier molecular flexibility index (Phi) is 5.54. The molecule has 24 heavy (non-hydrogen) atoms. The van der Waals surface area contributed by atoms with Gasteiger partial charge in [-0.1, -0.05) is 29.4 Å². The van der Waals surface area contributed by atoms with Crippen LogP contribution in [0.4, 0.5) is 0 Å². The van der Waals surface area contributed by atoms with E-state index >= 15 is 0 Å². The fourth-order valence-electron chi connectivity index (χ4n) is 3.86. The van der Waals surface area contributed by atoms with Gasteiger partial charge >= 0.3 is 0 Å². The van der Waals surface area contributed by atoms with E-state index in [0.717, 1.165) is 37.8 Å². The number of halogens is 1. The predicted molar refractivity (Wildman–Crippen MR) is 95.6 cm³/mol. The smallest absolute Gasteiger partial charge is 0.227 e. The molecular weight excluding hydrogens is 324 g/mol. The zero-order chi connectivity index (χ0) is 15.6. The second-order valence-electron chi connectivity index (χ2n) is 6.74. The van der Waals surface area contributed by atoms with Crippen LogP contribution in [0.5, 0.6) is 0 Å². The molecule has 5 nitrogen and oxygen atoms in total. The molecule has 2 aliphatic rings. The van der Waals surface area contributed by atoms with Crippen molar-refractivity contribution in [3.05, 3.63) is 47.1 Å². The molecule has 2 heterocycles. The van der Waals surface area contributed by atoms with Crippen LogP contribution in [0.25, 0.3) is 0 Å². The van der Waals surface area contributed by atoms with Crippen LogP contribution >= 0.6 is 12.4 Å². The molecule has 1 aliphatic carbocycles. The molecule has 1 aromatic heterocycles. The highest BCUT2D eigenvalue weighted by Crippen LogP contribution is 2.33. The van der Waals surface area contributed by atoms with E-state index in [0.29, 0.717) is 5.92 Å². The molecule has 2 atom stereocenters. The van der Waals surface area contributed by atoms with Gasteiger partial charge in [-0.15, -0.1) is 12.4 Å². The zero-order valence-corrected chi connectivity index (χ0v) is 14.9. The van der Waals surface area contributed by atoms with Gasteiger partial charge in [0.25, 0.3) is 0 Å². The lowest BCUT2D eigenvalue weighted by Gasteiger charge is -2.30. The number of benzene rings is 1. The highest BCUT2D eigenvalue weighted by atomic mass is 35.5. The summed E-state index contributed by atoms with van der Waals surface area (Å²) in [5.41, 5.74) is 2.95. The lowest BCUT2D eigenvalue weighted by molar-refractivity contribution is 0.190. The van der Waals surface area contributed by atoms with Gasteiger partial charge in [-0.25, -0.2) is 0 Å². The third-order valence-corrected chi connectivity index (χ3v) is 5.21. The molecule has 1 aliphatic heterocycles. The van der Waals surface area contributed by atoms with E-state index in [1.165, 1.54) is 30.4 Å². The number of hydrogen-bond acceptors (Lipinski definition) is 5. The Balaban J connectivity index is 0.00000169. The zero-order valence-electron chi connectivity index (χ0n) is 14.1. The molecule has 0 bridgehead atoms. The summed E-state index contributed by atoms with van der Waals surface area (Å²) in [4.78, 5) is 6.98. The van der Waals surface area contributed by atoms with Crippen LogP contribution in [0.1, 0.15) is 47.6 Å². The van der Waals surface area contributed by atoms with Gasteiger partial charge in [0.05, 0.1) is 6.04 Å². The lowest BCUT2D eigenvalue weighted by atomic mass is 9.81. The first-order valence-electron chi connectivity index (χ1n) is 8.62. The highest BCUT2D eigenvalue weighted by Gasteiger charge is 2.27. The number of likely N-dealkylation sites (N-methyl/N-ethyl adjacent to an activating group) is 1. The number of fused-ring (bicyclic) bond motifs is 1. The molecule has 1 aromatic carbocycles. The summed E-state index contributed by atoms with van der Waals surface area (Å²) >= 11 is 0. The maximum absolute atomic E-state index is 5.57. The number of hydrogen-bond donors (Lipinski definition) is 1. The molecular formula is C18H25ClN4O. The second kappa shape index (κ2) is 7.64. The van der Waals surface area contributed by atoms with Gasteiger partial charge in [0.1, 0.15) is 0 Å². The number of piperazine rings is 1. The minimum atomic E-state index is 0. The quantitative estimate of drug-likeness (QED) is 0.924.